The zero-order valence-electron chi connectivity index (χ0n) is 9.00. The predicted octanol–water partition coefficient (Wildman–Crippen LogP) is 3.59. The molecule has 0 fully saturated rings. The fourth-order valence-electron chi connectivity index (χ4n) is 1.37. The molecule has 1 N–H and O–H groups in total. The molecule has 0 bridgehead atoms. The van der Waals surface area contributed by atoms with Gasteiger partial charge in [0.25, 0.3) is 0 Å². The molecule has 2 rings (SSSR count). The molecule has 1 aromatic heterocycles. The summed E-state index contributed by atoms with van der Waals surface area (Å²) in [4.78, 5) is 10.9. The summed E-state index contributed by atoms with van der Waals surface area (Å²) in [5.74, 6) is 0.505. The third-order valence-electron chi connectivity index (χ3n) is 2.19. The molecule has 0 aliphatic heterocycles. The molecule has 0 aliphatic carbocycles. The van der Waals surface area contributed by atoms with E-state index in [1.165, 1.54) is 29.5 Å². The molecule has 0 unspecified atom stereocenters. The zero-order chi connectivity index (χ0) is 13.1. The van der Waals surface area contributed by atoms with Crippen LogP contribution >= 0.6 is 22.9 Å². The number of hydrogen-bond donors (Lipinski definition) is 1. The molecular formula is C11H8ClNO4S. The first-order chi connectivity index (χ1) is 8.61. The number of benzene rings is 1. The summed E-state index contributed by atoms with van der Waals surface area (Å²) >= 11 is 7.02. The molecular weight excluding hydrogens is 278 g/mol. The summed E-state index contributed by atoms with van der Waals surface area (Å²) in [7, 11) is 0. The SMILES string of the molecule is O=[N+]([O-])c1cc(Cl)ccc1Oc1ccsc1CO. The van der Waals surface area contributed by atoms with Crippen molar-refractivity contribution in [2.24, 2.45) is 0 Å². The average molecular weight is 286 g/mol. The van der Waals surface area contributed by atoms with Crippen molar-refractivity contribution in [3.8, 4) is 11.5 Å². The number of nitro groups is 1. The van der Waals surface area contributed by atoms with E-state index >= 15 is 0 Å². The van der Waals surface area contributed by atoms with Gasteiger partial charge in [-0.25, -0.2) is 0 Å². The standard InChI is InChI=1S/C11H8ClNO4S/c12-7-1-2-9(8(5-7)13(15)16)17-10-3-4-18-11(10)6-14/h1-5,14H,6H2. The molecule has 5 nitrogen and oxygen atoms in total. The van der Waals surface area contributed by atoms with Crippen molar-refractivity contribution in [2.75, 3.05) is 0 Å². The molecule has 0 spiro atoms. The Kier molecular flexibility index (Phi) is 3.81. The number of halogens is 1. The smallest absolute Gasteiger partial charge is 0.313 e. The molecule has 0 radical (unpaired) electrons. The first-order valence-electron chi connectivity index (χ1n) is 4.91. The Morgan fingerprint density at radius 2 is 2.17 bits per heavy atom. The maximum Gasteiger partial charge on any atom is 0.313 e. The first-order valence-corrected chi connectivity index (χ1v) is 6.16. The summed E-state index contributed by atoms with van der Waals surface area (Å²) in [6.45, 7) is -0.172. The lowest BCUT2D eigenvalue weighted by molar-refractivity contribution is -0.385. The van der Waals surface area contributed by atoms with Crippen molar-refractivity contribution in [3.05, 3.63) is 49.7 Å². The van der Waals surface area contributed by atoms with Gasteiger partial charge in [0, 0.05) is 11.1 Å². The van der Waals surface area contributed by atoms with Gasteiger partial charge in [0.2, 0.25) is 5.75 Å². The average Bonchev–Trinajstić information content (AvgIpc) is 2.78. The highest BCUT2D eigenvalue weighted by molar-refractivity contribution is 7.10. The lowest BCUT2D eigenvalue weighted by atomic mass is 10.3. The van der Waals surface area contributed by atoms with Crippen LogP contribution in [0.1, 0.15) is 4.88 Å². The number of aliphatic hydroxyl groups excluding tert-OH is 1. The molecule has 0 amide bonds. The summed E-state index contributed by atoms with van der Waals surface area (Å²) in [5, 5.41) is 22.0. The topological polar surface area (TPSA) is 72.6 Å². The second-order valence-electron chi connectivity index (χ2n) is 3.34. The molecule has 0 saturated heterocycles. The maximum absolute atomic E-state index is 10.9. The molecule has 2 aromatic rings. The number of aliphatic hydroxyl groups is 1. The van der Waals surface area contributed by atoms with E-state index in [2.05, 4.69) is 0 Å². The Balaban J connectivity index is 2.37. The van der Waals surface area contributed by atoms with E-state index in [0.29, 0.717) is 10.6 Å². The van der Waals surface area contributed by atoms with Gasteiger partial charge in [-0.2, -0.15) is 0 Å². The number of nitrogens with zero attached hydrogens (tertiary/aromatic N) is 1. The van der Waals surface area contributed by atoms with Crippen LogP contribution in [0.25, 0.3) is 0 Å². The van der Waals surface area contributed by atoms with Gasteiger partial charge in [0.1, 0.15) is 5.75 Å². The van der Waals surface area contributed by atoms with E-state index < -0.39 is 4.92 Å². The van der Waals surface area contributed by atoms with E-state index in [1.807, 2.05) is 0 Å². The van der Waals surface area contributed by atoms with Crippen LogP contribution in [0.3, 0.4) is 0 Å². The van der Waals surface area contributed by atoms with Crippen molar-refractivity contribution in [3.63, 3.8) is 0 Å². The molecule has 0 saturated carbocycles. The summed E-state index contributed by atoms with van der Waals surface area (Å²) in [6, 6.07) is 5.81. The molecule has 18 heavy (non-hydrogen) atoms. The highest BCUT2D eigenvalue weighted by Crippen LogP contribution is 2.36. The van der Waals surface area contributed by atoms with E-state index in [1.54, 1.807) is 11.4 Å². The fraction of sp³-hybridized carbons (Fsp3) is 0.0909. The van der Waals surface area contributed by atoms with Crippen LogP contribution in [-0.4, -0.2) is 10.0 Å². The van der Waals surface area contributed by atoms with Crippen molar-refractivity contribution >= 4 is 28.6 Å². The second kappa shape index (κ2) is 5.34. The lowest BCUT2D eigenvalue weighted by Gasteiger charge is -2.06. The third-order valence-corrected chi connectivity index (χ3v) is 3.31. The van der Waals surface area contributed by atoms with Crippen molar-refractivity contribution in [1.82, 2.24) is 0 Å². The lowest BCUT2D eigenvalue weighted by Crippen LogP contribution is -1.94. The van der Waals surface area contributed by atoms with Gasteiger partial charge in [-0.3, -0.25) is 10.1 Å². The van der Waals surface area contributed by atoms with Crippen LogP contribution in [0.2, 0.25) is 5.02 Å². The van der Waals surface area contributed by atoms with Crippen molar-refractivity contribution in [1.29, 1.82) is 0 Å². The van der Waals surface area contributed by atoms with Crippen LogP contribution in [-0.2, 0) is 6.61 Å². The predicted molar refractivity (Wildman–Crippen MR) is 68.4 cm³/mol. The fourth-order valence-corrected chi connectivity index (χ4v) is 2.20. The Morgan fingerprint density at radius 3 is 2.83 bits per heavy atom. The maximum atomic E-state index is 10.9. The zero-order valence-corrected chi connectivity index (χ0v) is 10.6. The minimum Gasteiger partial charge on any atom is -0.449 e. The van der Waals surface area contributed by atoms with Crippen LogP contribution in [0.4, 0.5) is 5.69 Å². The van der Waals surface area contributed by atoms with Crippen LogP contribution in [0.15, 0.2) is 29.6 Å². The quantitative estimate of drug-likeness (QED) is 0.688. The Labute approximate surface area is 111 Å². The van der Waals surface area contributed by atoms with Gasteiger partial charge in [-0.05, 0) is 23.6 Å². The van der Waals surface area contributed by atoms with E-state index in [4.69, 9.17) is 21.4 Å². The normalized spacial score (nSPS) is 10.3. The number of thiophene rings is 1. The van der Waals surface area contributed by atoms with Crippen LogP contribution < -0.4 is 4.74 Å². The molecule has 0 atom stereocenters. The summed E-state index contributed by atoms with van der Waals surface area (Å²) in [6.07, 6.45) is 0. The Morgan fingerprint density at radius 1 is 1.39 bits per heavy atom. The minimum absolute atomic E-state index is 0.0949. The van der Waals surface area contributed by atoms with Gasteiger partial charge in [0.05, 0.1) is 16.4 Å². The van der Waals surface area contributed by atoms with Crippen LogP contribution in [0.5, 0.6) is 11.5 Å². The van der Waals surface area contributed by atoms with Crippen molar-refractivity contribution in [2.45, 2.75) is 6.61 Å². The third kappa shape index (κ3) is 2.61. The highest BCUT2D eigenvalue weighted by atomic mass is 35.5. The first kappa shape index (κ1) is 12.8. The highest BCUT2D eigenvalue weighted by Gasteiger charge is 2.17. The van der Waals surface area contributed by atoms with Crippen molar-refractivity contribution < 1.29 is 14.8 Å². The van der Waals surface area contributed by atoms with E-state index in [-0.39, 0.29) is 23.1 Å². The number of nitro benzene ring substituents is 1. The largest absolute Gasteiger partial charge is 0.449 e. The number of hydrogen-bond acceptors (Lipinski definition) is 5. The molecule has 0 aliphatic rings. The minimum atomic E-state index is -0.563. The molecule has 1 heterocycles. The van der Waals surface area contributed by atoms with Gasteiger partial charge in [-0.1, -0.05) is 11.6 Å². The van der Waals surface area contributed by atoms with E-state index in [9.17, 15) is 10.1 Å². The summed E-state index contributed by atoms with van der Waals surface area (Å²) in [5.41, 5.74) is -0.211. The van der Waals surface area contributed by atoms with Gasteiger partial charge in [0.15, 0.2) is 0 Å². The summed E-state index contributed by atoms with van der Waals surface area (Å²) < 4.78 is 5.44. The Hall–Kier alpha value is -1.63. The van der Waals surface area contributed by atoms with Gasteiger partial charge in [-0.15, -0.1) is 11.3 Å². The number of ether oxygens (including phenoxy) is 1. The van der Waals surface area contributed by atoms with E-state index in [0.717, 1.165) is 0 Å². The van der Waals surface area contributed by atoms with Gasteiger partial charge < -0.3 is 9.84 Å². The van der Waals surface area contributed by atoms with Crippen LogP contribution in [0, 0.1) is 10.1 Å². The molecule has 1 aromatic carbocycles. The monoisotopic (exact) mass is 285 g/mol. The number of rotatable bonds is 4. The second-order valence-corrected chi connectivity index (χ2v) is 4.77. The molecule has 94 valence electrons. The van der Waals surface area contributed by atoms with Gasteiger partial charge >= 0.3 is 5.69 Å². The molecule has 7 heteroatoms. The Bertz CT molecular complexity index is 584.